The van der Waals surface area contributed by atoms with Crippen LogP contribution >= 0.6 is 0 Å². The van der Waals surface area contributed by atoms with Gasteiger partial charge in [-0.15, -0.1) is 0 Å². The number of carbonyl (C=O) groups is 2. The topological polar surface area (TPSA) is 172 Å². The normalized spacial score (nSPS) is 12.0. The molecule has 0 spiro atoms. The van der Waals surface area contributed by atoms with Crippen molar-refractivity contribution in [3.8, 4) is 0 Å². The highest BCUT2D eigenvalue weighted by Gasteiger charge is 2.16. The maximum absolute atomic E-state index is 12.4. The fraction of sp³-hybridized carbons (Fsp3) is 0.300. The van der Waals surface area contributed by atoms with Gasteiger partial charge in [-0.05, 0) is 36.1 Å². The Hall–Kier alpha value is -3.70. The number of H-pyrrole nitrogens is 2. The summed E-state index contributed by atoms with van der Waals surface area (Å²) in [5.41, 5.74) is 7.90. The van der Waals surface area contributed by atoms with E-state index in [9.17, 15) is 14.4 Å². The van der Waals surface area contributed by atoms with Crippen molar-refractivity contribution < 1.29 is 24.5 Å². The number of carbonyl (C=O) groups excluding carboxylic acids is 1. The van der Waals surface area contributed by atoms with Crippen LogP contribution < -0.4 is 16.6 Å². The number of fused-ring (bicyclic) bond motifs is 1. The highest BCUT2D eigenvalue weighted by atomic mass is 17.2. The van der Waals surface area contributed by atoms with Gasteiger partial charge in [0.1, 0.15) is 5.65 Å². The van der Waals surface area contributed by atoms with Crippen LogP contribution in [0.3, 0.4) is 0 Å². The summed E-state index contributed by atoms with van der Waals surface area (Å²) in [6, 6.07) is 6.95. The predicted octanol–water partition coefficient (Wildman–Crippen LogP) is 1.12. The zero-order valence-electron chi connectivity index (χ0n) is 16.8. The number of hydrogen-bond acceptors (Lipinski definition) is 7. The third-order valence-corrected chi connectivity index (χ3v) is 4.67. The van der Waals surface area contributed by atoms with Crippen LogP contribution in [0.2, 0.25) is 0 Å². The van der Waals surface area contributed by atoms with Crippen molar-refractivity contribution in [3.63, 3.8) is 0 Å². The molecule has 0 aliphatic carbocycles. The van der Waals surface area contributed by atoms with E-state index in [1.165, 1.54) is 7.11 Å². The number of nitrogens with one attached hydrogen (secondary N) is 3. The first-order valence-corrected chi connectivity index (χ1v) is 9.54. The van der Waals surface area contributed by atoms with E-state index in [2.05, 4.69) is 25.2 Å². The van der Waals surface area contributed by atoms with Crippen molar-refractivity contribution in [2.45, 2.75) is 31.9 Å². The Morgan fingerprint density at radius 2 is 2.00 bits per heavy atom. The quantitative estimate of drug-likeness (QED) is 0.181. The molecule has 0 saturated carbocycles. The molecule has 1 amide bonds. The standard InChI is InChI=1S/C20H23N5O6/c1-30-31-14(8-9-15(26)27)23-18(28)12-5-2-11(3-6-12)4-7-13-10-22-17-16(13)19(29)25-20(21)24-17/h2-3,5-6,10,14H,4,7-9H2,1H3,(H,23,28)(H,26,27)(H4,21,22,24,25,29)/t14-/m1/s1. The molecule has 2 heterocycles. The van der Waals surface area contributed by atoms with Gasteiger partial charge in [-0.3, -0.25) is 14.4 Å². The van der Waals surface area contributed by atoms with Crippen LogP contribution in [0.4, 0.5) is 5.95 Å². The number of nitrogens with two attached hydrogens (primary N) is 1. The van der Waals surface area contributed by atoms with E-state index >= 15 is 0 Å². The number of carboxylic acid groups (broad SMARTS) is 1. The molecule has 2 aromatic heterocycles. The largest absolute Gasteiger partial charge is 0.481 e. The SMILES string of the molecule is COO[C@H](CCC(=O)O)NC(=O)c1ccc(CCc2c[nH]c3[nH]c(N)nc(=O)c23)cc1. The van der Waals surface area contributed by atoms with Gasteiger partial charge in [0.05, 0.1) is 12.5 Å². The van der Waals surface area contributed by atoms with Gasteiger partial charge in [0.25, 0.3) is 11.5 Å². The first-order valence-electron chi connectivity index (χ1n) is 9.54. The van der Waals surface area contributed by atoms with Gasteiger partial charge in [0.15, 0.2) is 6.23 Å². The summed E-state index contributed by atoms with van der Waals surface area (Å²) in [4.78, 5) is 54.2. The van der Waals surface area contributed by atoms with Crippen molar-refractivity contribution in [1.29, 1.82) is 0 Å². The Labute approximate surface area is 176 Å². The molecule has 0 aliphatic rings. The molecule has 1 atom stereocenters. The minimum Gasteiger partial charge on any atom is -0.481 e. The van der Waals surface area contributed by atoms with Crippen LogP contribution in [0.15, 0.2) is 35.3 Å². The minimum atomic E-state index is -1.00. The second-order valence-electron chi connectivity index (χ2n) is 6.85. The van der Waals surface area contributed by atoms with Crippen molar-refractivity contribution in [1.82, 2.24) is 20.3 Å². The number of nitrogens with zero attached hydrogens (tertiary/aromatic N) is 1. The van der Waals surface area contributed by atoms with Gasteiger partial charge >= 0.3 is 5.97 Å². The number of nitrogen functional groups attached to an aromatic ring is 1. The van der Waals surface area contributed by atoms with Gasteiger partial charge < -0.3 is 26.1 Å². The van der Waals surface area contributed by atoms with Crippen molar-refractivity contribution >= 4 is 28.9 Å². The Morgan fingerprint density at radius 3 is 2.68 bits per heavy atom. The first-order chi connectivity index (χ1) is 14.9. The van der Waals surface area contributed by atoms with E-state index in [4.69, 9.17) is 15.7 Å². The summed E-state index contributed by atoms with van der Waals surface area (Å²) in [6.45, 7) is 0. The fourth-order valence-electron chi connectivity index (χ4n) is 3.17. The van der Waals surface area contributed by atoms with Gasteiger partial charge in [-0.2, -0.15) is 4.98 Å². The van der Waals surface area contributed by atoms with Crippen molar-refractivity contribution in [2.24, 2.45) is 0 Å². The molecule has 11 heteroatoms. The Bertz CT molecular complexity index is 1120. The average molecular weight is 429 g/mol. The summed E-state index contributed by atoms with van der Waals surface area (Å²) in [6.07, 6.45) is 2.00. The number of aromatic nitrogens is 3. The maximum atomic E-state index is 12.4. The van der Waals surface area contributed by atoms with Crippen LogP contribution in [0, 0.1) is 0 Å². The van der Waals surface area contributed by atoms with Gasteiger partial charge in [-0.1, -0.05) is 12.1 Å². The second-order valence-corrected chi connectivity index (χ2v) is 6.85. The van der Waals surface area contributed by atoms with Crippen molar-refractivity contribution in [2.75, 3.05) is 12.8 Å². The zero-order valence-corrected chi connectivity index (χ0v) is 16.8. The number of carboxylic acids is 1. The molecule has 0 fully saturated rings. The van der Waals surface area contributed by atoms with Gasteiger partial charge in [0.2, 0.25) is 5.95 Å². The fourth-order valence-corrected chi connectivity index (χ4v) is 3.17. The van der Waals surface area contributed by atoms with Gasteiger partial charge in [0, 0.05) is 24.6 Å². The van der Waals surface area contributed by atoms with E-state index in [-0.39, 0.29) is 24.3 Å². The lowest BCUT2D eigenvalue weighted by atomic mass is 10.0. The lowest BCUT2D eigenvalue weighted by Crippen LogP contribution is -2.37. The highest BCUT2D eigenvalue weighted by Crippen LogP contribution is 2.16. The number of amides is 1. The van der Waals surface area contributed by atoms with Gasteiger partial charge in [-0.25, -0.2) is 9.78 Å². The second kappa shape index (κ2) is 9.87. The zero-order chi connectivity index (χ0) is 22.4. The lowest BCUT2D eigenvalue weighted by molar-refractivity contribution is -0.309. The van der Waals surface area contributed by atoms with E-state index in [1.807, 2.05) is 12.1 Å². The molecule has 0 unspecified atom stereocenters. The van der Waals surface area contributed by atoms with E-state index in [1.54, 1.807) is 18.3 Å². The van der Waals surface area contributed by atoms with Crippen LogP contribution in [0.25, 0.3) is 11.0 Å². The lowest BCUT2D eigenvalue weighted by Gasteiger charge is -2.16. The van der Waals surface area contributed by atoms with E-state index in [0.717, 1.165) is 11.1 Å². The molecule has 31 heavy (non-hydrogen) atoms. The molecule has 6 N–H and O–H groups in total. The number of rotatable bonds is 10. The summed E-state index contributed by atoms with van der Waals surface area (Å²) in [5.74, 6) is -1.36. The molecule has 0 radical (unpaired) electrons. The van der Waals surface area contributed by atoms with Crippen LogP contribution in [-0.2, 0) is 27.4 Å². The Morgan fingerprint density at radius 1 is 1.26 bits per heavy atom. The molecule has 11 nitrogen and oxygen atoms in total. The molecular formula is C20H23N5O6. The number of aryl methyl sites for hydroxylation is 2. The molecule has 0 aliphatic heterocycles. The molecule has 0 bridgehead atoms. The maximum Gasteiger partial charge on any atom is 0.303 e. The summed E-state index contributed by atoms with van der Waals surface area (Å²) >= 11 is 0. The van der Waals surface area contributed by atoms with Crippen LogP contribution in [-0.4, -0.2) is 45.3 Å². The molecular weight excluding hydrogens is 406 g/mol. The average Bonchev–Trinajstić information content (AvgIpc) is 3.14. The van der Waals surface area contributed by atoms with E-state index in [0.29, 0.717) is 29.4 Å². The van der Waals surface area contributed by atoms with E-state index < -0.39 is 18.1 Å². The molecule has 1 aromatic carbocycles. The number of benzene rings is 1. The highest BCUT2D eigenvalue weighted by molar-refractivity contribution is 5.94. The minimum absolute atomic E-state index is 0.0564. The molecule has 0 saturated heterocycles. The Kier molecular flexibility index (Phi) is 7.00. The smallest absolute Gasteiger partial charge is 0.303 e. The monoisotopic (exact) mass is 429 g/mol. The molecule has 3 aromatic rings. The summed E-state index contributed by atoms with van der Waals surface area (Å²) in [7, 11) is 1.28. The Balaban J connectivity index is 1.61. The van der Waals surface area contributed by atoms with Crippen LogP contribution in [0.1, 0.15) is 34.3 Å². The number of aromatic amines is 2. The predicted molar refractivity (Wildman–Crippen MR) is 111 cm³/mol. The molecule has 3 rings (SSSR count). The third-order valence-electron chi connectivity index (χ3n) is 4.67. The summed E-state index contributed by atoms with van der Waals surface area (Å²) < 4.78 is 0. The number of hydrogen-bond donors (Lipinski definition) is 5. The third kappa shape index (κ3) is 5.68. The summed E-state index contributed by atoms with van der Waals surface area (Å²) in [5, 5.41) is 11.8. The van der Waals surface area contributed by atoms with Crippen LogP contribution in [0.5, 0.6) is 0 Å². The van der Waals surface area contributed by atoms with Crippen molar-refractivity contribution in [3.05, 3.63) is 57.5 Å². The number of aliphatic carboxylic acids is 1. The molecule has 164 valence electrons. The first kappa shape index (κ1) is 22.0. The number of anilines is 1.